The number of morpholine rings is 1. The number of ether oxygens (including phenoxy) is 1. The van der Waals surface area contributed by atoms with Crippen LogP contribution in [0.4, 0.5) is 0 Å². The van der Waals surface area contributed by atoms with E-state index in [2.05, 4.69) is 32.1 Å². The van der Waals surface area contributed by atoms with Gasteiger partial charge in [0.15, 0.2) is 0 Å². The van der Waals surface area contributed by atoms with Crippen LogP contribution in [0.3, 0.4) is 0 Å². The lowest BCUT2D eigenvalue weighted by molar-refractivity contribution is -0.155. The average molecular weight is 434 g/mol. The second-order valence-electron chi connectivity index (χ2n) is 9.16. The Balaban J connectivity index is 1.44. The lowest BCUT2D eigenvalue weighted by atomic mass is 9.92. The van der Waals surface area contributed by atoms with Gasteiger partial charge in [-0.05, 0) is 50.8 Å². The van der Waals surface area contributed by atoms with Gasteiger partial charge in [0, 0.05) is 36.7 Å². The summed E-state index contributed by atoms with van der Waals surface area (Å²) in [6.07, 6.45) is 3.47. The van der Waals surface area contributed by atoms with Crippen LogP contribution >= 0.6 is 11.6 Å². The molecule has 7 nitrogen and oxygen atoms in total. The first kappa shape index (κ1) is 21.6. The number of nitrogens with two attached hydrogens (primary N) is 1. The molecule has 8 heteroatoms. The number of halogens is 1. The molecule has 0 bridgehead atoms. The van der Waals surface area contributed by atoms with Gasteiger partial charge in [-0.15, -0.1) is 10.2 Å². The molecule has 0 radical (unpaired) electrons. The van der Waals surface area contributed by atoms with Crippen molar-refractivity contribution in [3.05, 3.63) is 34.9 Å². The summed E-state index contributed by atoms with van der Waals surface area (Å²) in [5.74, 6) is 1.58. The van der Waals surface area contributed by atoms with Crippen LogP contribution in [-0.4, -0.2) is 76.6 Å². The number of hydrogen-bond donors (Lipinski definition) is 2. The van der Waals surface area contributed by atoms with E-state index in [-0.39, 0.29) is 12.1 Å². The van der Waals surface area contributed by atoms with Crippen LogP contribution in [0.1, 0.15) is 38.7 Å². The van der Waals surface area contributed by atoms with Crippen molar-refractivity contribution in [3.8, 4) is 0 Å². The summed E-state index contributed by atoms with van der Waals surface area (Å²) in [7, 11) is 0. The fraction of sp³-hybridized carbons (Fsp3) is 0.636. The smallest absolute Gasteiger partial charge is 0.135 e. The number of piperidine rings is 1. The van der Waals surface area contributed by atoms with Gasteiger partial charge in [-0.2, -0.15) is 0 Å². The number of aliphatic hydroxyl groups is 1. The zero-order valence-corrected chi connectivity index (χ0v) is 18.6. The molecule has 1 aromatic carbocycles. The van der Waals surface area contributed by atoms with E-state index in [1.165, 1.54) is 5.56 Å². The monoisotopic (exact) mass is 433 g/mol. The van der Waals surface area contributed by atoms with E-state index in [1.54, 1.807) is 0 Å². The van der Waals surface area contributed by atoms with Crippen LogP contribution in [0.5, 0.6) is 0 Å². The van der Waals surface area contributed by atoms with Crippen molar-refractivity contribution in [1.29, 1.82) is 0 Å². The highest BCUT2D eigenvalue weighted by Crippen LogP contribution is 2.29. The summed E-state index contributed by atoms with van der Waals surface area (Å²) < 4.78 is 6.11. The maximum Gasteiger partial charge on any atom is 0.135 e. The molecule has 3 aliphatic heterocycles. The number of nitrogens with zero attached hydrogens (tertiary/aromatic N) is 4. The summed E-state index contributed by atoms with van der Waals surface area (Å²) in [6, 6.07) is 8.80. The number of rotatable bonds is 4. The Bertz CT molecular complexity index is 797. The molecule has 3 aliphatic rings. The van der Waals surface area contributed by atoms with Crippen LogP contribution in [0, 0.1) is 0 Å². The second kappa shape index (κ2) is 8.83. The molecule has 0 saturated carbocycles. The van der Waals surface area contributed by atoms with Gasteiger partial charge in [-0.25, -0.2) is 0 Å². The van der Waals surface area contributed by atoms with E-state index in [4.69, 9.17) is 22.1 Å². The molecule has 1 aromatic rings. The summed E-state index contributed by atoms with van der Waals surface area (Å²) >= 11 is 6.06. The lowest BCUT2D eigenvalue weighted by Crippen LogP contribution is -2.61. The van der Waals surface area contributed by atoms with Crippen molar-refractivity contribution >= 4 is 23.3 Å². The van der Waals surface area contributed by atoms with Crippen molar-refractivity contribution in [3.63, 3.8) is 0 Å². The zero-order valence-electron chi connectivity index (χ0n) is 17.8. The van der Waals surface area contributed by atoms with Gasteiger partial charge in [0.1, 0.15) is 11.7 Å². The predicted octanol–water partition coefficient (Wildman–Crippen LogP) is 2.26. The molecule has 3 heterocycles. The van der Waals surface area contributed by atoms with Crippen molar-refractivity contribution in [2.45, 2.75) is 63.3 Å². The van der Waals surface area contributed by atoms with Crippen molar-refractivity contribution in [2.75, 3.05) is 26.2 Å². The predicted molar refractivity (Wildman–Crippen MR) is 120 cm³/mol. The molecule has 2 saturated heterocycles. The number of likely N-dealkylation sites (tertiary alicyclic amines) is 1. The molecule has 0 aliphatic carbocycles. The van der Waals surface area contributed by atoms with Gasteiger partial charge in [-0.1, -0.05) is 23.7 Å². The number of amidine groups is 2. The summed E-state index contributed by atoms with van der Waals surface area (Å²) in [5.41, 5.74) is 6.18. The largest absolute Gasteiger partial charge is 0.388 e. The Morgan fingerprint density at radius 1 is 1.20 bits per heavy atom. The average Bonchev–Trinajstić information content (AvgIpc) is 3.16. The molecule has 2 fully saturated rings. The first-order valence-corrected chi connectivity index (χ1v) is 11.2. The standard InChI is InChI=1S/C22H32ClN5O2/c1-22(2,29)19-13-28(18(14-30-19)11-15-3-5-16(23)6-4-15)17-7-9-27(10-8-17)21-12-20(24)25-26-21/h3-6,17-19,29H,7-14H2,1-2H3,(H2,24,25)/t18-,19+/m0/s1. The Morgan fingerprint density at radius 2 is 1.90 bits per heavy atom. The molecular weight excluding hydrogens is 402 g/mol. The second-order valence-corrected chi connectivity index (χ2v) is 9.60. The van der Waals surface area contributed by atoms with Gasteiger partial charge >= 0.3 is 0 Å². The highest BCUT2D eigenvalue weighted by atomic mass is 35.5. The first-order chi connectivity index (χ1) is 14.3. The molecule has 0 unspecified atom stereocenters. The third-order valence-electron chi connectivity index (χ3n) is 6.44. The molecule has 2 atom stereocenters. The van der Waals surface area contributed by atoms with Gasteiger partial charge in [0.05, 0.1) is 24.7 Å². The van der Waals surface area contributed by atoms with Crippen LogP contribution in [-0.2, 0) is 11.2 Å². The Morgan fingerprint density at radius 3 is 2.50 bits per heavy atom. The highest BCUT2D eigenvalue weighted by molar-refractivity contribution is 6.30. The van der Waals surface area contributed by atoms with E-state index in [0.717, 1.165) is 49.8 Å². The minimum atomic E-state index is -0.863. The van der Waals surface area contributed by atoms with E-state index in [0.29, 0.717) is 24.9 Å². The van der Waals surface area contributed by atoms with Crippen LogP contribution < -0.4 is 5.73 Å². The Kier molecular flexibility index (Phi) is 6.34. The summed E-state index contributed by atoms with van der Waals surface area (Å²) in [6.45, 7) is 6.92. The fourth-order valence-electron chi connectivity index (χ4n) is 4.64. The number of benzene rings is 1. The van der Waals surface area contributed by atoms with Gasteiger partial charge in [-0.3, -0.25) is 4.90 Å². The molecule has 164 valence electrons. The van der Waals surface area contributed by atoms with E-state index in [9.17, 15) is 5.11 Å². The maximum atomic E-state index is 10.6. The minimum Gasteiger partial charge on any atom is -0.388 e. The van der Waals surface area contributed by atoms with Gasteiger partial charge < -0.3 is 20.5 Å². The molecular formula is C22H32ClN5O2. The quantitative estimate of drug-likeness (QED) is 0.760. The first-order valence-electron chi connectivity index (χ1n) is 10.8. The molecule has 30 heavy (non-hydrogen) atoms. The van der Waals surface area contributed by atoms with Crippen LogP contribution in [0.15, 0.2) is 34.5 Å². The fourth-order valence-corrected chi connectivity index (χ4v) is 4.77. The van der Waals surface area contributed by atoms with Crippen LogP contribution in [0.25, 0.3) is 0 Å². The summed E-state index contributed by atoms with van der Waals surface area (Å²) in [4.78, 5) is 4.88. The topological polar surface area (TPSA) is 86.7 Å². The third-order valence-corrected chi connectivity index (χ3v) is 6.69. The molecule has 0 aromatic heterocycles. The van der Waals surface area contributed by atoms with Gasteiger partial charge in [0.2, 0.25) is 0 Å². The third kappa shape index (κ3) is 4.97. The maximum absolute atomic E-state index is 10.6. The summed E-state index contributed by atoms with van der Waals surface area (Å²) in [5, 5.41) is 19.5. The highest BCUT2D eigenvalue weighted by Gasteiger charge is 2.40. The van der Waals surface area contributed by atoms with Crippen molar-refractivity contribution in [2.24, 2.45) is 15.9 Å². The van der Waals surface area contributed by atoms with Crippen LogP contribution in [0.2, 0.25) is 5.02 Å². The lowest BCUT2D eigenvalue weighted by Gasteiger charge is -2.49. The normalized spacial score (nSPS) is 26.6. The minimum absolute atomic E-state index is 0.190. The Hall–Kier alpha value is -1.67. The molecule has 4 rings (SSSR count). The molecule has 3 N–H and O–H groups in total. The van der Waals surface area contributed by atoms with Crippen molar-refractivity contribution < 1.29 is 9.84 Å². The number of hydrogen-bond acceptors (Lipinski definition) is 7. The van der Waals surface area contributed by atoms with Gasteiger partial charge in [0.25, 0.3) is 0 Å². The van der Waals surface area contributed by atoms with E-state index < -0.39 is 5.60 Å². The molecule has 0 amide bonds. The van der Waals surface area contributed by atoms with Crippen molar-refractivity contribution in [1.82, 2.24) is 9.80 Å². The SMILES string of the molecule is CC(C)(O)[C@H]1CN(C2CCN(C3=NN=C(N)C3)CC2)[C@@H](Cc2ccc(Cl)cc2)CO1. The zero-order chi connectivity index (χ0) is 21.3. The Labute approximate surface area is 183 Å². The van der Waals surface area contributed by atoms with E-state index in [1.807, 2.05) is 26.0 Å². The molecule has 0 spiro atoms. The van der Waals surface area contributed by atoms with E-state index >= 15 is 0 Å².